The van der Waals surface area contributed by atoms with E-state index in [0.717, 1.165) is 28.3 Å². The van der Waals surface area contributed by atoms with Gasteiger partial charge in [0.15, 0.2) is 0 Å². The molecule has 4 heteroatoms. The van der Waals surface area contributed by atoms with E-state index in [1.54, 1.807) is 0 Å². The average molecular weight is 334 g/mol. The van der Waals surface area contributed by atoms with Crippen molar-refractivity contribution in [3.8, 4) is 22.5 Å². The predicted molar refractivity (Wildman–Crippen MR) is 99.4 cm³/mol. The fraction of sp³-hybridized carbons (Fsp3) is 0.238. The van der Waals surface area contributed by atoms with Crippen LogP contribution in [0.1, 0.15) is 32.0 Å². The van der Waals surface area contributed by atoms with E-state index in [-0.39, 0.29) is 12.3 Å². The molecule has 0 saturated carbocycles. The van der Waals surface area contributed by atoms with Crippen LogP contribution in [0.25, 0.3) is 22.5 Å². The van der Waals surface area contributed by atoms with Crippen LogP contribution in [0.3, 0.4) is 0 Å². The monoisotopic (exact) mass is 334 g/mol. The number of carboxylic acids is 1. The lowest BCUT2D eigenvalue weighted by Gasteiger charge is -2.13. The van der Waals surface area contributed by atoms with Gasteiger partial charge in [-0.05, 0) is 0 Å². The Morgan fingerprint density at radius 2 is 1.56 bits per heavy atom. The van der Waals surface area contributed by atoms with Gasteiger partial charge in [-0.1, -0.05) is 74.5 Å². The van der Waals surface area contributed by atoms with Gasteiger partial charge in [0.2, 0.25) is 0 Å². The number of carboxylic acid groups (broad SMARTS) is 1. The molecule has 25 heavy (non-hydrogen) atoms. The molecule has 1 N–H and O–H groups in total. The smallest absolute Gasteiger partial charge is 0.305 e. The van der Waals surface area contributed by atoms with Crippen molar-refractivity contribution in [1.29, 1.82) is 0 Å². The van der Waals surface area contributed by atoms with Crippen molar-refractivity contribution in [2.24, 2.45) is 0 Å². The lowest BCUT2D eigenvalue weighted by Crippen LogP contribution is -2.10. The average Bonchev–Trinajstić information content (AvgIpc) is 3.01. The molecule has 0 aliphatic carbocycles. The second-order valence-corrected chi connectivity index (χ2v) is 6.35. The van der Waals surface area contributed by atoms with Crippen LogP contribution in [0.15, 0.2) is 60.7 Å². The minimum absolute atomic E-state index is 0.0736. The van der Waals surface area contributed by atoms with Gasteiger partial charge in [0.05, 0.1) is 17.8 Å². The topological polar surface area (TPSA) is 55.1 Å². The van der Waals surface area contributed by atoms with Crippen LogP contribution in [0.5, 0.6) is 0 Å². The molecule has 0 saturated heterocycles. The van der Waals surface area contributed by atoms with E-state index in [9.17, 15) is 4.79 Å². The van der Waals surface area contributed by atoms with E-state index in [1.165, 1.54) is 0 Å². The van der Waals surface area contributed by atoms with Gasteiger partial charge >= 0.3 is 5.97 Å². The summed E-state index contributed by atoms with van der Waals surface area (Å²) in [5.74, 6) is 0.316. The quantitative estimate of drug-likeness (QED) is 0.703. The van der Waals surface area contributed by atoms with Crippen molar-refractivity contribution in [3.05, 3.63) is 66.5 Å². The molecule has 1 aromatic heterocycles. The fourth-order valence-electron chi connectivity index (χ4n) is 3.03. The number of nitrogens with zero attached hydrogens (tertiary/aromatic N) is 2. The molecule has 2 aromatic carbocycles. The predicted octanol–water partition coefficient (Wildman–Crippen LogP) is 4.82. The Balaban J connectivity index is 2.24. The Hall–Kier alpha value is -2.88. The molecule has 0 radical (unpaired) electrons. The summed E-state index contributed by atoms with van der Waals surface area (Å²) in [5, 5.41) is 9.16. The summed E-state index contributed by atoms with van der Waals surface area (Å²) in [4.78, 5) is 16.0. The molecular weight excluding hydrogens is 312 g/mol. The SMILES string of the molecule is CC(C)c1nc(-c2ccccc2)c(-c2ccccc2)n1CCC(=O)O. The van der Waals surface area contributed by atoms with Gasteiger partial charge in [0.25, 0.3) is 0 Å². The zero-order valence-electron chi connectivity index (χ0n) is 14.5. The van der Waals surface area contributed by atoms with Crippen LogP contribution in [0.2, 0.25) is 0 Å². The zero-order chi connectivity index (χ0) is 17.8. The van der Waals surface area contributed by atoms with E-state index in [2.05, 4.69) is 18.4 Å². The molecule has 4 nitrogen and oxygen atoms in total. The summed E-state index contributed by atoms with van der Waals surface area (Å²) < 4.78 is 2.07. The fourth-order valence-corrected chi connectivity index (χ4v) is 3.03. The third-order valence-corrected chi connectivity index (χ3v) is 4.16. The standard InChI is InChI=1S/C21H22N2O2/c1-15(2)21-22-19(16-9-5-3-6-10-16)20(17-11-7-4-8-12-17)23(21)14-13-18(24)25/h3-12,15H,13-14H2,1-2H3,(H,24,25). The summed E-state index contributed by atoms with van der Waals surface area (Å²) >= 11 is 0. The maximum atomic E-state index is 11.1. The number of benzene rings is 2. The van der Waals surface area contributed by atoms with Crippen molar-refractivity contribution in [2.75, 3.05) is 0 Å². The minimum Gasteiger partial charge on any atom is -0.481 e. The summed E-state index contributed by atoms with van der Waals surface area (Å²) in [6.45, 7) is 4.58. The van der Waals surface area contributed by atoms with Crippen molar-refractivity contribution >= 4 is 5.97 Å². The normalized spacial score (nSPS) is 11.0. The second-order valence-electron chi connectivity index (χ2n) is 6.35. The highest BCUT2D eigenvalue weighted by Crippen LogP contribution is 2.35. The molecule has 3 aromatic rings. The number of carbonyl (C=O) groups is 1. The van der Waals surface area contributed by atoms with E-state index in [1.807, 2.05) is 60.7 Å². The molecule has 0 spiro atoms. The van der Waals surface area contributed by atoms with Gasteiger partial charge in [-0.2, -0.15) is 0 Å². The third-order valence-electron chi connectivity index (χ3n) is 4.16. The van der Waals surface area contributed by atoms with Crippen LogP contribution in [0.4, 0.5) is 0 Å². The lowest BCUT2D eigenvalue weighted by molar-refractivity contribution is -0.137. The summed E-state index contributed by atoms with van der Waals surface area (Å²) in [6, 6.07) is 20.1. The number of hydrogen-bond acceptors (Lipinski definition) is 2. The molecule has 0 fully saturated rings. The highest BCUT2D eigenvalue weighted by atomic mass is 16.4. The van der Waals surface area contributed by atoms with Gasteiger partial charge in [0.1, 0.15) is 5.82 Å². The van der Waals surface area contributed by atoms with Crippen LogP contribution >= 0.6 is 0 Å². The van der Waals surface area contributed by atoms with Crippen LogP contribution in [-0.4, -0.2) is 20.6 Å². The molecule has 0 amide bonds. The summed E-state index contributed by atoms with van der Waals surface area (Å²) in [5.41, 5.74) is 3.97. The maximum absolute atomic E-state index is 11.1. The first-order chi connectivity index (χ1) is 12.1. The first-order valence-electron chi connectivity index (χ1n) is 8.51. The van der Waals surface area contributed by atoms with Gasteiger partial charge in [0, 0.05) is 23.6 Å². The highest BCUT2D eigenvalue weighted by molar-refractivity contribution is 5.79. The van der Waals surface area contributed by atoms with E-state index < -0.39 is 5.97 Å². The molecular formula is C21H22N2O2. The van der Waals surface area contributed by atoms with Crippen molar-refractivity contribution in [1.82, 2.24) is 9.55 Å². The minimum atomic E-state index is -0.802. The molecule has 128 valence electrons. The van der Waals surface area contributed by atoms with Crippen LogP contribution in [-0.2, 0) is 11.3 Å². The third kappa shape index (κ3) is 3.63. The van der Waals surface area contributed by atoms with Crippen molar-refractivity contribution < 1.29 is 9.90 Å². The number of imidazole rings is 1. The molecule has 0 unspecified atom stereocenters. The second kappa shape index (κ2) is 7.34. The van der Waals surface area contributed by atoms with Gasteiger partial charge in [-0.15, -0.1) is 0 Å². The zero-order valence-corrected chi connectivity index (χ0v) is 14.5. The molecule has 0 aliphatic rings. The van der Waals surface area contributed by atoms with Crippen molar-refractivity contribution in [2.45, 2.75) is 32.7 Å². The number of aliphatic carboxylic acids is 1. The summed E-state index contributed by atoms with van der Waals surface area (Å²) in [6.07, 6.45) is 0.0736. The van der Waals surface area contributed by atoms with Crippen LogP contribution < -0.4 is 0 Å². The van der Waals surface area contributed by atoms with Gasteiger partial charge < -0.3 is 9.67 Å². The number of aromatic nitrogens is 2. The number of hydrogen-bond donors (Lipinski definition) is 1. The molecule has 1 heterocycles. The van der Waals surface area contributed by atoms with E-state index in [4.69, 9.17) is 10.1 Å². The van der Waals surface area contributed by atoms with E-state index >= 15 is 0 Å². The first kappa shape index (κ1) is 17.0. The largest absolute Gasteiger partial charge is 0.481 e. The first-order valence-corrected chi connectivity index (χ1v) is 8.51. The molecule has 0 bridgehead atoms. The van der Waals surface area contributed by atoms with Gasteiger partial charge in [-0.25, -0.2) is 4.98 Å². The Morgan fingerprint density at radius 3 is 2.08 bits per heavy atom. The number of rotatable bonds is 6. The Kier molecular flexibility index (Phi) is 4.98. The Morgan fingerprint density at radius 1 is 1.00 bits per heavy atom. The highest BCUT2D eigenvalue weighted by Gasteiger charge is 2.21. The van der Waals surface area contributed by atoms with E-state index in [0.29, 0.717) is 6.54 Å². The van der Waals surface area contributed by atoms with Crippen molar-refractivity contribution in [3.63, 3.8) is 0 Å². The lowest BCUT2D eigenvalue weighted by atomic mass is 10.0. The van der Waals surface area contributed by atoms with Crippen LogP contribution in [0, 0.1) is 0 Å². The summed E-state index contributed by atoms with van der Waals surface area (Å²) in [7, 11) is 0. The Labute approximate surface area is 147 Å². The maximum Gasteiger partial charge on any atom is 0.305 e. The molecule has 0 aliphatic heterocycles. The molecule has 0 atom stereocenters. The molecule has 3 rings (SSSR count). The van der Waals surface area contributed by atoms with Gasteiger partial charge in [-0.3, -0.25) is 4.79 Å². The Bertz CT molecular complexity index is 852.